The molecule has 0 amide bonds. The zero-order chi connectivity index (χ0) is 14.4. The van der Waals surface area contributed by atoms with Gasteiger partial charge in [0.25, 0.3) is 0 Å². The van der Waals surface area contributed by atoms with E-state index in [1.54, 1.807) is 25.3 Å². The van der Waals surface area contributed by atoms with Gasteiger partial charge in [-0.2, -0.15) is 5.26 Å². The first-order chi connectivity index (χ1) is 9.76. The zero-order valence-corrected chi connectivity index (χ0v) is 12.7. The van der Waals surface area contributed by atoms with Gasteiger partial charge in [-0.3, -0.25) is 0 Å². The molecule has 0 atom stereocenters. The second-order valence-corrected chi connectivity index (χ2v) is 4.77. The Hall–Kier alpha value is -1.99. The molecule has 2 aromatic rings. The van der Waals surface area contributed by atoms with Crippen LogP contribution in [-0.4, -0.2) is 7.11 Å². The predicted molar refractivity (Wildman–Crippen MR) is 81.1 cm³/mol. The standard InChI is InChI=1S/C16H14BrNO2/c1-19-16-7-4-13(10-18)8-14(16)11-20-15-5-2-12(9-17)3-6-15/h2-8H,9,11H2,1H3. The van der Waals surface area contributed by atoms with Gasteiger partial charge in [0, 0.05) is 10.9 Å². The van der Waals surface area contributed by atoms with Gasteiger partial charge in [-0.15, -0.1) is 0 Å². The summed E-state index contributed by atoms with van der Waals surface area (Å²) in [6.45, 7) is 0.367. The van der Waals surface area contributed by atoms with Crippen LogP contribution in [0.1, 0.15) is 16.7 Å². The van der Waals surface area contributed by atoms with Gasteiger partial charge in [-0.1, -0.05) is 28.1 Å². The fourth-order valence-corrected chi connectivity index (χ4v) is 2.17. The van der Waals surface area contributed by atoms with Crippen LogP contribution < -0.4 is 9.47 Å². The van der Waals surface area contributed by atoms with Crippen molar-refractivity contribution < 1.29 is 9.47 Å². The Morgan fingerprint density at radius 1 is 1.15 bits per heavy atom. The molecule has 0 saturated heterocycles. The van der Waals surface area contributed by atoms with Gasteiger partial charge in [0.1, 0.15) is 18.1 Å². The van der Waals surface area contributed by atoms with Gasteiger partial charge < -0.3 is 9.47 Å². The Balaban J connectivity index is 2.11. The average Bonchev–Trinajstić information content (AvgIpc) is 2.53. The van der Waals surface area contributed by atoms with Crippen molar-refractivity contribution >= 4 is 15.9 Å². The summed E-state index contributed by atoms with van der Waals surface area (Å²) in [5.74, 6) is 1.51. The molecular weight excluding hydrogens is 318 g/mol. The lowest BCUT2D eigenvalue weighted by Crippen LogP contribution is -1.99. The summed E-state index contributed by atoms with van der Waals surface area (Å²) in [5.41, 5.74) is 2.65. The maximum absolute atomic E-state index is 8.93. The lowest BCUT2D eigenvalue weighted by molar-refractivity contribution is 0.296. The minimum Gasteiger partial charge on any atom is -0.496 e. The summed E-state index contributed by atoms with van der Waals surface area (Å²) >= 11 is 3.40. The summed E-state index contributed by atoms with van der Waals surface area (Å²) in [6, 6.07) is 15.3. The highest BCUT2D eigenvalue weighted by molar-refractivity contribution is 9.08. The molecule has 0 spiro atoms. The molecule has 0 heterocycles. The van der Waals surface area contributed by atoms with E-state index in [2.05, 4.69) is 22.0 Å². The average molecular weight is 332 g/mol. The number of alkyl halides is 1. The molecule has 0 radical (unpaired) electrons. The second kappa shape index (κ2) is 6.97. The van der Waals surface area contributed by atoms with E-state index < -0.39 is 0 Å². The number of ether oxygens (including phenoxy) is 2. The largest absolute Gasteiger partial charge is 0.496 e. The number of nitriles is 1. The first kappa shape index (κ1) is 14.4. The lowest BCUT2D eigenvalue weighted by Gasteiger charge is -2.11. The molecule has 102 valence electrons. The third kappa shape index (κ3) is 3.52. The van der Waals surface area contributed by atoms with Crippen molar-refractivity contribution in [1.82, 2.24) is 0 Å². The highest BCUT2D eigenvalue weighted by Gasteiger charge is 2.05. The van der Waals surface area contributed by atoms with Gasteiger partial charge in [0.05, 0.1) is 18.7 Å². The van der Waals surface area contributed by atoms with Crippen molar-refractivity contribution in [2.24, 2.45) is 0 Å². The van der Waals surface area contributed by atoms with E-state index >= 15 is 0 Å². The Bertz CT molecular complexity index is 617. The molecule has 0 N–H and O–H groups in total. The van der Waals surface area contributed by atoms with E-state index in [1.165, 1.54) is 5.56 Å². The van der Waals surface area contributed by atoms with Crippen LogP contribution in [0.4, 0.5) is 0 Å². The molecule has 0 aliphatic heterocycles. The highest BCUT2D eigenvalue weighted by atomic mass is 79.9. The minimum absolute atomic E-state index is 0.367. The fourth-order valence-electron chi connectivity index (χ4n) is 1.80. The first-order valence-electron chi connectivity index (χ1n) is 6.11. The molecule has 0 aromatic heterocycles. The number of nitrogens with zero attached hydrogens (tertiary/aromatic N) is 1. The molecule has 0 aliphatic rings. The van der Waals surface area contributed by atoms with E-state index in [-0.39, 0.29) is 0 Å². The number of benzene rings is 2. The summed E-state index contributed by atoms with van der Waals surface area (Å²) in [7, 11) is 1.61. The smallest absolute Gasteiger partial charge is 0.125 e. The van der Waals surface area contributed by atoms with Crippen molar-refractivity contribution in [1.29, 1.82) is 5.26 Å². The van der Waals surface area contributed by atoms with E-state index in [0.717, 1.165) is 22.4 Å². The van der Waals surface area contributed by atoms with Crippen molar-refractivity contribution in [2.45, 2.75) is 11.9 Å². The number of hydrogen-bond donors (Lipinski definition) is 0. The fraction of sp³-hybridized carbons (Fsp3) is 0.188. The van der Waals surface area contributed by atoms with Crippen LogP contribution in [0.3, 0.4) is 0 Å². The third-order valence-corrected chi connectivity index (χ3v) is 3.53. The van der Waals surface area contributed by atoms with E-state index in [9.17, 15) is 0 Å². The molecule has 2 rings (SSSR count). The number of methoxy groups -OCH3 is 1. The van der Waals surface area contributed by atoms with Crippen LogP contribution in [-0.2, 0) is 11.9 Å². The monoisotopic (exact) mass is 331 g/mol. The zero-order valence-electron chi connectivity index (χ0n) is 11.1. The van der Waals surface area contributed by atoms with Crippen LogP contribution in [0, 0.1) is 11.3 Å². The van der Waals surface area contributed by atoms with Gasteiger partial charge in [0.2, 0.25) is 0 Å². The number of hydrogen-bond acceptors (Lipinski definition) is 3. The Morgan fingerprint density at radius 2 is 1.90 bits per heavy atom. The number of halogens is 1. The van der Waals surface area contributed by atoms with E-state index in [1.807, 2.05) is 24.3 Å². The highest BCUT2D eigenvalue weighted by Crippen LogP contribution is 2.22. The minimum atomic E-state index is 0.367. The van der Waals surface area contributed by atoms with E-state index in [0.29, 0.717) is 12.2 Å². The number of rotatable bonds is 5. The lowest BCUT2D eigenvalue weighted by atomic mass is 10.1. The normalized spacial score (nSPS) is 9.85. The molecule has 0 unspecified atom stereocenters. The van der Waals surface area contributed by atoms with Crippen LogP contribution in [0.15, 0.2) is 42.5 Å². The Kier molecular flexibility index (Phi) is 5.03. The van der Waals surface area contributed by atoms with Crippen LogP contribution in [0.2, 0.25) is 0 Å². The molecular formula is C16H14BrNO2. The van der Waals surface area contributed by atoms with Gasteiger partial charge >= 0.3 is 0 Å². The van der Waals surface area contributed by atoms with Gasteiger partial charge in [-0.05, 0) is 35.9 Å². The Morgan fingerprint density at radius 3 is 2.50 bits per heavy atom. The second-order valence-electron chi connectivity index (χ2n) is 4.20. The van der Waals surface area contributed by atoms with Crippen LogP contribution in [0.25, 0.3) is 0 Å². The van der Waals surface area contributed by atoms with Crippen LogP contribution >= 0.6 is 15.9 Å². The van der Waals surface area contributed by atoms with Crippen molar-refractivity contribution in [3.63, 3.8) is 0 Å². The van der Waals surface area contributed by atoms with Gasteiger partial charge in [0.15, 0.2) is 0 Å². The van der Waals surface area contributed by atoms with Crippen molar-refractivity contribution in [3.8, 4) is 17.6 Å². The molecule has 4 heteroatoms. The van der Waals surface area contributed by atoms with E-state index in [4.69, 9.17) is 14.7 Å². The molecule has 2 aromatic carbocycles. The summed E-state index contributed by atoms with van der Waals surface area (Å²) in [5, 5.41) is 9.76. The van der Waals surface area contributed by atoms with Crippen molar-refractivity contribution in [3.05, 3.63) is 59.2 Å². The third-order valence-electron chi connectivity index (χ3n) is 2.88. The summed E-state index contributed by atoms with van der Waals surface area (Å²) in [6.07, 6.45) is 0. The van der Waals surface area contributed by atoms with Crippen molar-refractivity contribution in [2.75, 3.05) is 7.11 Å². The predicted octanol–water partition coefficient (Wildman–Crippen LogP) is 4.04. The maximum Gasteiger partial charge on any atom is 0.125 e. The maximum atomic E-state index is 8.93. The SMILES string of the molecule is COc1ccc(C#N)cc1COc1ccc(CBr)cc1. The Labute approximate surface area is 126 Å². The molecule has 0 bridgehead atoms. The summed E-state index contributed by atoms with van der Waals surface area (Å²) < 4.78 is 11.0. The topological polar surface area (TPSA) is 42.2 Å². The summed E-state index contributed by atoms with van der Waals surface area (Å²) in [4.78, 5) is 0. The first-order valence-corrected chi connectivity index (χ1v) is 7.23. The molecule has 0 saturated carbocycles. The quantitative estimate of drug-likeness (QED) is 0.776. The molecule has 0 fully saturated rings. The molecule has 20 heavy (non-hydrogen) atoms. The van der Waals surface area contributed by atoms with Gasteiger partial charge in [-0.25, -0.2) is 0 Å². The van der Waals surface area contributed by atoms with Crippen LogP contribution in [0.5, 0.6) is 11.5 Å². The molecule has 0 aliphatic carbocycles. The molecule has 3 nitrogen and oxygen atoms in total.